The van der Waals surface area contributed by atoms with Crippen LogP contribution in [0.25, 0.3) is 6.08 Å². The molecule has 1 heterocycles. The van der Waals surface area contributed by atoms with Crippen molar-refractivity contribution in [3.05, 3.63) is 70.1 Å². The monoisotopic (exact) mass is 401 g/mol. The smallest absolute Gasteiger partial charge is 0.344 e. The van der Waals surface area contributed by atoms with Gasteiger partial charge in [0, 0.05) is 11.6 Å². The molecule has 0 saturated heterocycles. The molecule has 0 fully saturated rings. The topological polar surface area (TPSA) is 88.4 Å². The minimum Gasteiger partial charge on any atom is -0.507 e. The second kappa shape index (κ2) is 8.18. The molecule has 1 aliphatic rings. The first kappa shape index (κ1) is 19.5. The molecule has 1 aliphatic heterocycles. The second-order valence-electron chi connectivity index (χ2n) is 5.65. The highest BCUT2D eigenvalue weighted by Gasteiger charge is 2.33. The Labute approximate surface area is 164 Å². The Bertz CT molecular complexity index is 1030. The molecule has 28 heavy (non-hydrogen) atoms. The van der Waals surface area contributed by atoms with E-state index in [0.29, 0.717) is 11.3 Å². The van der Waals surface area contributed by atoms with Gasteiger partial charge in [-0.1, -0.05) is 17.8 Å². The Kier molecular flexibility index (Phi) is 5.70. The maximum Gasteiger partial charge on any atom is 0.344 e. The normalized spacial score (nSPS) is 16.7. The van der Waals surface area contributed by atoms with Gasteiger partial charge in [-0.15, -0.1) is 0 Å². The van der Waals surface area contributed by atoms with Crippen LogP contribution in [0, 0.1) is 5.82 Å². The number of ether oxygens (including phenoxy) is 2. The van der Waals surface area contributed by atoms with Gasteiger partial charge in [0.25, 0.3) is 0 Å². The van der Waals surface area contributed by atoms with Gasteiger partial charge in [0.05, 0.1) is 24.8 Å². The first-order valence-electron chi connectivity index (χ1n) is 8.06. The molecular formula is C20H16FNO5S. The number of halogens is 1. The molecule has 2 aromatic rings. The fourth-order valence-electron chi connectivity index (χ4n) is 2.47. The summed E-state index contributed by atoms with van der Waals surface area (Å²) in [7, 11) is 2.66. The molecule has 8 heteroatoms. The molecule has 2 N–H and O–H groups in total. The lowest BCUT2D eigenvalue weighted by atomic mass is 10.1. The highest BCUT2D eigenvalue weighted by atomic mass is 32.2. The molecule has 0 amide bonds. The number of esters is 1. The average Bonchev–Trinajstić information content (AvgIpc) is 2.97. The van der Waals surface area contributed by atoms with Crippen molar-refractivity contribution in [1.29, 1.82) is 0 Å². The van der Waals surface area contributed by atoms with Crippen LogP contribution in [-0.4, -0.2) is 35.4 Å². The van der Waals surface area contributed by atoms with Crippen molar-refractivity contribution >= 4 is 34.5 Å². The van der Waals surface area contributed by atoms with Gasteiger partial charge in [-0.2, -0.15) is 0 Å². The minimum atomic E-state index is -0.775. The number of methoxy groups -OCH3 is 2. The summed E-state index contributed by atoms with van der Waals surface area (Å²) in [4.78, 5) is 16.7. The fraction of sp³-hybridized carbons (Fsp3) is 0.100. The van der Waals surface area contributed by atoms with Gasteiger partial charge in [-0.25, -0.2) is 14.2 Å². The van der Waals surface area contributed by atoms with Crippen LogP contribution in [0.3, 0.4) is 0 Å². The van der Waals surface area contributed by atoms with E-state index in [9.17, 15) is 19.4 Å². The number of carbonyl (C=O) groups excluding carboxylic acids is 1. The number of benzene rings is 2. The van der Waals surface area contributed by atoms with Crippen LogP contribution in [0.1, 0.15) is 5.56 Å². The number of hydrogen-bond donors (Lipinski definition) is 2. The molecule has 0 aliphatic carbocycles. The first-order valence-corrected chi connectivity index (χ1v) is 8.87. The largest absolute Gasteiger partial charge is 0.507 e. The van der Waals surface area contributed by atoms with E-state index >= 15 is 0 Å². The summed E-state index contributed by atoms with van der Waals surface area (Å²) in [6.45, 7) is 0. The summed E-state index contributed by atoms with van der Waals surface area (Å²) < 4.78 is 23.2. The standard InChI is InChI=1S/C20H16FNO5S/c1-26-14-7-6-11(15(23)10-14)8-16-18(24)17(20(25)27-2)19(28-16)22-13-5-3-4-12(21)9-13/h3-10,23-24H,1-2H3/b16-8+,22-19?. The van der Waals surface area contributed by atoms with Gasteiger partial charge in [0.1, 0.15) is 33.7 Å². The maximum absolute atomic E-state index is 13.4. The molecule has 6 nitrogen and oxygen atoms in total. The molecule has 0 unspecified atom stereocenters. The van der Waals surface area contributed by atoms with Gasteiger partial charge in [0.15, 0.2) is 0 Å². The number of aliphatic imine (C=N–C) groups is 1. The van der Waals surface area contributed by atoms with E-state index < -0.39 is 11.8 Å². The number of hydrogen-bond acceptors (Lipinski definition) is 7. The highest BCUT2D eigenvalue weighted by molar-refractivity contribution is 8.18. The van der Waals surface area contributed by atoms with Crippen LogP contribution in [0.15, 0.2) is 63.7 Å². The van der Waals surface area contributed by atoms with Crippen LogP contribution >= 0.6 is 11.8 Å². The Balaban J connectivity index is 2.05. The third-order valence-corrected chi connectivity index (χ3v) is 4.86. The van der Waals surface area contributed by atoms with Crippen LogP contribution < -0.4 is 4.74 Å². The summed E-state index contributed by atoms with van der Waals surface area (Å²) in [5, 5.41) is 20.8. The van der Waals surface area contributed by atoms with Gasteiger partial charge in [0.2, 0.25) is 0 Å². The summed E-state index contributed by atoms with van der Waals surface area (Å²) in [5.74, 6) is -1.17. The molecule has 0 radical (unpaired) electrons. The number of thioether (sulfide) groups is 1. The lowest BCUT2D eigenvalue weighted by Gasteiger charge is -2.04. The molecule has 0 bridgehead atoms. The zero-order valence-electron chi connectivity index (χ0n) is 15.0. The van der Waals surface area contributed by atoms with Crippen molar-refractivity contribution in [3.8, 4) is 11.5 Å². The predicted octanol–water partition coefficient (Wildman–Crippen LogP) is 4.34. The molecule has 2 aromatic carbocycles. The Morgan fingerprint density at radius 2 is 1.96 bits per heavy atom. The number of rotatable bonds is 4. The van der Waals surface area contributed by atoms with E-state index in [2.05, 4.69) is 4.99 Å². The molecule has 3 rings (SSSR count). The quantitative estimate of drug-likeness (QED) is 0.741. The Morgan fingerprint density at radius 1 is 1.18 bits per heavy atom. The number of carbonyl (C=O) groups is 1. The van der Waals surface area contributed by atoms with Crippen molar-refractivity contribution in [2.45, 2.75) is 0 Å². The highest BCUT2D eigenvalue weighted by Crippen LogP contribution is 2.41. The molecular weight excluding hydrogens is 385 g/mol. The van der Waals surface area contributed by atoms with Gasteiger partial charge in [-0.05, 0) is 36.4 Å². The lowest BCUT2D eigenvalue weighted by Crippen LogP contribution is -2.10. The van der Waals surface area contributed by atoms with E-state index in [1.165, 1.54) is 44.6 Å². The summed E-state index contributed by atoms with van der Waals surface area (Å²) >= 11 is 1.01. The fourth-order valence-corrected chi connectivity index (χ4v) is 3.49. The molecule has 0 atom stereocenters. The first-order chi connectivity index (χ1) is 13.4. The average molecular weight is 401 g/mol. The van der Waals surface area contributed by atoms with E-state index in [-0.39, 0.29) is 32.7 Å². The van der Waals surface area contributed by atoms with E-state index in [0.717, 1.165) is 11.8 Å². The maximum atomic E-state index is 13.4. The van der Waals surface area contributed by atoms with Crippen molar-refractivity contribution < 1.29 is 28.9 Å². The number of aliphatic hydroxyl groups is 1. The molecule has 0 aromatic heterocycles. The summed E-state index contributed by atoms with van der Waals surface area (Å²) in [5.41, 5.74) is 0.562. The van der Waals surface area contributed by atoms with E-state index in [1.54, 1.807) is 18.2 Å². The molecule has 0 saturated carbocycles. The van der Waals surface area contributed by atoms with Crippen molar-refractivity contribution in [2.75, 3.05) is 14.2 Å². The number of phenols is 1. The zero-order valence-corrected chi connectivity index (χ0v) is 15.8. The molecule has 144 valence electrons. The Hall–Kier alpha value is -3.26. The summed E-state index contributed by atoms with van der Waals surface area (Å²) in [6.07, 6.45) is 1.51. The van der Waals surface area contributed by atoms with Crippen LogP contribution in [-0.2, 0) is 9.53 Å². The number of aromatic hydroxyl groups is 1. The SMILES string of the molecule is COC(=O)C1=C(O)/C(=C\c2ccc(OC)cc2O)SC1=Nc1cccc(F)c1. The predicted molar refractivity (Wildman–Crippen MR) is 105 cm³/mol. The van der Waals surface area contributed by atoms with Gasteiger partial charge >= 0.3 is 5.97 Å². The van der Waals surface area contributed by atoms with Gasteiger partial charge < -0.3 is 19.7 Å². The van der Waals surface area contributed by atoms with Crippen LogP contribution in [0.2, 0.25) is 0 Å². The van der Waals surface area contributed by atoms with E-state index in [4.69, 9.17) is 9.47 Å². The Morgan fingerprint density at radius 3 is 2.61 bits per heavy atom. The number of phenolic OH excluding ortho intramolecular Hbond substituents is 1. The van der Waals surface area contributed by atoms with Crippen molar-refractivity contribution in [3.63, 3.8) is 0 Å². The number of nitrogens with zero attached hydrogens (tertiary/aromatic N) is 1. The third-order valence-electron chi connectivity index (χ3n) is 3.84. The minimum absolute atomic E-state index is 0.0598. The second-order valence-corrected chi connectivity index (χ2v) is 6.68. The van der Waals surface area contributed by atoms with Crippen molar-refractivity contribution in [2.24, 2.45) is 4.99 Å². The third kappa shape index (κ3) is 4.01. The van der Waals surface area contributed by atoms with Crippen LogP contribution in [0.5, 0.6) is 11.5 Å². The van der Waals surface area contributed by atoms with Crippen molar-refractivity contribution in [1.82, 2.24) is 0 Å². The summed E-state index contributed by atoms with van der Waals surface area (Å²) in [6, 6.07) is 10.2. The molecule has 0 spiro atoms. The van der Waals surface area contributed by atoms with Gasteiger partial charge in [-0.3, -0.25) is 0 Å². The van der Waals surface area contributed by atoms with Crippen LogP contribution in [0.4, 0.5) is 10.1 Å². The zero-order chi connectivity index (χ0) is 20.3. The lowest BCUT2D eigenvalue weighted by molar-refractivity contribution is -0.135. The number of aliphatic hydroxyl groups excluding tert-OH is 1. The van der Waals surface area contributed by atoms with E-state index in [1.807, 2.05) is 0 Å².